The third kappa shape index (κ3) is 3.10. The number of carbonyl (C=O) groups excluding carboxylic acids is 1. The van der Waals surface area contributed by atoms with Crippen LogP contribution in [0.4, 0.5) is 5.69 Å². The number of nitrogens with two attached hydrogens (primary N) is 1. The number of benzene rings is 1. The van der Waals surface area contributed by atoms with E-state index in [9.17, 15) is 13.2 Å². The lowest BCUT2D eigenvalue weighted by Gasteiger charge is -2.30. The quantitative estimate of drug-likeness (QED) is 0.794. The van der Waals surface area contributed by atoms with Crippen molar-refractivity contribution in [1.29, 1.82) is 0 Å². The SMILES string of the molecule is CN1CCOc2cc(S(=O)(=O)N3CCc4cnc(C(N)=O)nc4C3)ccc21. The van der Waals surface area contributed by atoms with Gasteiger partial charge < -0.3 is 15.4 Å². The van der Waals surface area contributed by atoms with Crippen LogP contribution in [0.2, 0.25) is 0 Å². The lowest BCUT2D eigenvalue weighted by atomic mass is 10.1. The van der Waals surface area contributed by atoms with Gasteiger partial charge in [-0.05, 0) is 24.1 Å². The number of fused-ring (bicyclic) bond motifs is 2. The molecule has 3 heterocycles. The van der Waals surface area contributed by atoms with Crippen molar-refractivity contribution in [2.24, 2.45) is 5.73 Å². The van der Waals surface area contributed by atoms with Crippen LogP contribution in [-0.2, 0) is 23.0 Å². The second-order valence-electron chi connectivity index (χ2n) is 6.52. The van der Waals surface area contributed by atoms with Crippen molar-refractivity contribution in [3.05, 3.63) is 41.5 Å². The Bertz CT molecular complexity index is 1020. The second kappa shape index (κ2) is 6.46. The monoisotopic (exact) mass is 389 g/mol. The van der Waals surface area contributed by atoms with Crippen LogP contribution in [0.1, 0.15) is 21.9 Å². The van der Waals surface area contributed by atoms with Crippen LogP contribution in [0.15, 0.2) is 29.3 Å². The van der Waals surface area contributed by atoms with Crippen molar-refractivity contribution >= 4 is 21.6 Å². The molecule has 142 valence electrons. The Morgan fingerprint density at radius 1 is 1.30 bits per heavy atom. The molecule has 2 aromatic rings. The number of anilines is 1. The van der Waals surface area contributed by atoms with Gasteiger partial charge in [-0.3, -0.25) is 4.79 Å². The summed E-state index contributed by atoms with van der Waals surface area (Å²) < 4.78 is 33.2. The number of amides is 1. The number of hydrogen-bond donors (Lipinski definition) is 1. The molecule has 9 nitrogen and oxygen atoms in total. The highest BCUT2D eigenvalue weighted by molar-refractivity contribution is 7.89. The zero-order chi connectivity index (χ0) is 19.2. The van der Waals surface area contributed by atoms with E-state index in [-0.39, 0.29) is 17.3 Å². The number of carbonyl (C=O) groups is 1. The Kier molecular flexibility index (Phi) is 4.23. The van der Waals surface area contributed by atoms with Gasteiger partial charge in [-0.25, -0.2) is 18.4 Å². The van der Waals surface area contributed by atoms with Gasteiger partial charge in [0.1, 0.15) is 12.4 Å². The molecule has 2 aliphatic heterocycles. The molecular weight excluding hydrogens is 370 g/mol. The maximum atomic E-state index is 13.1. The summed E-state index contributed by atoms with van der Waals surface area (Å²) in [5.41, 5.74) is 7.41. The summed E-state index contributed by atoms with van der Waals surface area (Å²) in [6.45, 7) is 1.64. The maximum absolute atomic E-state index is 13.1. The number of hydrogen-bond acceptors (Lipinski definition) is 7. The van der Waals surface area contributed by atoms with E-state index in [1.807, 2.05) is 11.9 Å². The Morgan fingerprint density at radius 2 is 2.11 bits per heavy atom. The van der Waals surface area contributed by atoms with E-state index in [4.69, 9.17) is 10.5 Å². The van der Waals surface area contributed by atoms with Crippen molar-refractivity contribution in [3.63, 3.8) is 0 Å². The summed E-state index contributed by atoms with van der Waals surface area (Å²) in [6.07, 6.45) is 2.01. The summed E-state index contributed by atoms with van der Waals surface area (Å²) in [4.78, 5) is 21.5. The van der Waals surface area contributed by atoms with Crippen LogP contribution in [0.25, 0.3) is 0 Å². The summed E-state index contributed by atoms with van der Waals surface area (Å²) in [6, 6.07) is 4.90. The molecular formula is C17H19N5O4S. The molecule has 1 aromatic heterocycles. The number of aromatic nitrogens is 2. The van der Waals surface area contributed by atoms with Gasteiger partial charge in [0.15, 0.2) is 0 Å². The smallest absolute Gasteiger partial charge is 0.286 e. The molecule has 0 atom stereocenters. The van der Waals surface area contributed by atoms with Crippen LogP contribution in [0, 0.1) is 0 Å². The minimum absolute atomic E-state index is 0.0678. The van der Waals surface area contributed by atoms with Crippen molar-refractivity contribution in [2.45, 2.75) is 17.9 Å². The van der Waals surface area contributed by atoms with Crippen LogP contribution in [0.3, 0.4) is 0 Å². The number of sulfonamides is 1. The molecule has 0 saturated heterocycles. The minimum atomic E-state index is -3.73. The number of nitrogens with zero attached hydrogens (tertiary/aromatic N) is 4. The van der Waals surface area contributed by atoms with Gasteiger partial charge in [0.05, 0.1) is 29.4 Å². The van der Waals surface area contributed by atoms with Gasteiger partial charge in [-0.15, -0.1) is 0 Å². The molecule has 1 amide bonds. The predicted molar refractivity (Wildman–Crippen MR) is 97.1 cm³/mol. The normalized spacial score (nSPS) is 17.0. The lowest BCUT2D eigenvalue weighted by molar-refractivity contribution is 0.0990. The fourth-order valence-electron chi connectivity index (χ4n) is 3.25. The van der Waals surface area contributed by atoms with Crippen LogP contribution < -0.4 is 15.4 Å². The van der Waals surface area contributed by atoms with E-state index >= 15 is 0 Å². The highest BCUT2D eigenvalue weighted by Gasteiger charge is 2.31. The van der Waals surface area contributed by atoms with Crippen LogP contribution >= 0.6 is 0 Å². The van der Waals surface area contributed by atoms with Crippen LogP contribution in [-0.4, -0.2) is 55.3 Å². The highest BCUT2D eigenvalue weighted by atomic mass is 32.2. The molecule has 27 heavy (non-hydrogen) atoms. The summed E-state index contributed by atoms with van der Waals surface area (Å²) in [7, 11) is -1.79. The Morgan fingerprint density at radius 3 is 2.89 bits per heavy atom. The summed E-state index contributed by atoms with van der Waals surface area (Å²) >= 11 is 0. The van der Waals surface area contributed by atoms with E-state index in [0.717, 1.165) is 17.8 Å². The standard InChI is InChI=1S/C17H19N5O4S/c1-21-6-7-26-15-8-12(2-3-14(15)21)27(24,25)22-5-4-11-9-19-17(16(18)23)20-13(11)10-22/h2-3,8-9H,4-7,10H2,1H3,(H2,18,23). The zero-order valence-electron chi connectivity index (χ0n) is 14.8. The van der Waals surface area contributed by atoms with Crippen molar-refractivity contribution < 1.29 is 17.9 Å². The molecule has 2 N–H and O–H groups in total. The zero-order valence-corrected chi connectivity index (χ0v) is 15.6. The molecule has 0 unspecified atom stereocenters. The third-order valence-corrected chi connectivity index (χ3v) is 6.64. The first kappa shape index (κ1) is 17.7. The molecule has 0 bridgehead atoms. The number of ether oxygens (including phenoxy) is 1. The van der Waals surface area contributed by atoms with Crippen LogP contribution in [0.5, 0.6) is 5.75 Å². The van der Waals surface area contributed by atoms with Gasteiger partial charge >= 0.3 is 0 Å². The van der Waals surface area contributed by atoms with E-state index in [2.05, 4.69) is 9.97 Å². The number of likely N-dealkylation sites (N-methyl/N-ethyl adjacent to an activating group) is 1. The Hall–Kier alpha value is -2.72. The predicted octanol–water partition coefficient (Wildman–Crippen LogP) is 0.151. The fraction of sp³-hybridized carbons (Fsp3) is 0.353. The molecule has 2 aliphatic rings. The topological polar surface area (TPSA) is 119 Å². The van der Waals surface area contributed by atoms with Gasteiger partial charge in [0.25, 0.3) is 5.91 Å². The van der Waals surface area contributed by atoms with E-state index < -0.39 is 15.9 Å². The Labute approximate surface area is 156 Å². The fourth-order valence-corrected chi connectivity index (χ4v) is 4.67. The van der Waals surface area contributed by atoms with Gasteiger partial charge in [0, 0.05) is 25.9 Å². The average Bonchev–Trinajstić information content (AvgIpc) is 2.67. The maximum Gasteiger partial charge on any atom is 0.286 e. The van der Waals surface area contributed by atoms with E-state index in [0.29, 0.717) is 31.0 Å². The summed E-state index contributed by atoms with van der Waals surface area (Å²) in [5, 5.41) is 0. The minimum Gasteiger partial charge on any atom is -0.490 e. The largest absolute Gasteiger partial charge is 0.490 e. The molecule has 0 saturated carbocycles. The molecule has 10 heteroatoms. The van der Waals surface area contributed by atoms with Crippen molar-refractivity contribution in [3.8, 4) is 5.75 Å². The lowest BCUT2D eigenvalue weighted by Crippen LogP contribution is -2.37. The molecule has 4 rings (SSSR count). The second-order valence-corrected chi connectivity index (χ2v) is 8.46. The third-order valence-electron chi connectivity index (χ3n) is 4.80. The Balaban J connectivity index is 1.65. The number of primary amides is 1. The van der Waals surface area contributed by atoms with E-state index in [1.54, 1.807) is 18.2 Å². The van der Waals surface area contributed by atoms with Gasteiger partial charge in [0.2, 0.25) is 15.8 Å². The average molecular weight is 389 g/mol. The van der Waals surface area contributed by atoms with Gasteiger partial charge in [-0.1, -0.05) is 0 Å². The molecule has 1 aromatic carbocycles. The van der Waals surface area contributed by atoms with Gasteiger partial charge in [-0.2, -0.15) is 4.31 Å². The molecule has 0 radical (unpaired) electrons. The highest BCUT2D eigenvalue weighted by Crippen LogP contribution is 2.34. The first-order valence-corrected chi connectivity index (χ1v) is 9.93. The molecule has 0 spiro atoms. The summed E-state index contributed by atoms with van der Waals surface area (Å²) in [5.74, 6) is -0.299. The number of rotatable bonds is 3. The first-order chi connectivity index (χ1) is 12.9. The van der Waals surface area contributed by atoms with Crippen molar-refractivity contribution in [2.75, 3.05) is 31.6 Å². The van der Waals surface area contributed by atoms with E-state index in [1.165, 1.54) is 10.5 Å². The molecule has 0 aliphatic carbocycles. The first-order valence-electron chi connectivity index (χ1n) is 8.49. The van der Waals surface area contributed by atoms with Crippen molar-refractivity contribution in [1.82, 2.24) is 14.3 Å². The molecule has 0 fully saturated rings.